The molecule has 1 rings (SSSR count). The summed E-state index contributed by atoms with van der Waals surface area (Å²) in [5.41, 5.74) is 1.46. The summed E-state index contributed by atoms with van der Waals surface area (Å²) < 4.78 is 0. The van der Waals surface area contributed by atoms with Crippen LogP contribution in [-0.4, -0.2) is 11.4 Å². The monoisotopic (exact) mass is 319 g/mol. The van der Waals surface area contributed by atoms with Gasteiger partial charge < -0.3 is 5.32 Å². The summed E-state index contributed by atoms with van der Waals surface area (Å²) in [5.74, 6) is 0. The first-order chi connectivity index (χ1) is 6.26. The zero-order valence-electron chi connectivity index (χ0n) is 7.57. The maximum Gasteiger partial charge on any atom is 0.157 e. The van der Waals surface area contributed by atoms with Crippen molar-refractivity contribution in [3.8, 4) is 6.07 Å². The van der Waals surface area contributed by atoms with Crippen LogP contribution in [0.15, 0.2) is 24.3 Å². The van der Waals surface area contributed by atoms with E-state index < -0.39 is 0 Å². The Morgan fingerprint density at radius 1 is 1.43 bits per heavy atom. The van der Waals surface area contributed by atoms with Crippen LogP contribution >= 0.6 is 35.7 Å². The number of benzene rings is 1. The Bertz CT molecular complexity index is 342. The molecular formula is C9H10IN3S. The van der Waals surface area contributed by atoms with Gasteiger partial charge in [0.1, 0.15) is 0 Å². The van der Waals surface area contributed by atoms with Crippen LogP contribution in [0.2, 0.25) is 0 Å². The molecule has 74 valence electrons. The van der Waals surface area contributed by atoms with Gasteiger partial charge >= 0.3 is 0 Å². The van der Waals surface area contributed by atoms with E-state index >= 15 is 0 Å². The Morgan fingerprint density at radius 2 is 2.00 bits per heavy atom. The molecule has 0 amide bonds. The molecule has 3 nitrogen and oxygen atoms in total. The van der Waals surface area contributed by atoms with Crippen molar-refractivity contribution in [2.45, 2.75) is 0 Å². The molecule has 0 aromatic heterocycles. The van der Waals surface area contributed by atoms with E-state index in [1.165, 1.54) is 11.8 Å². The first-order valence-corrected chi connectivity index (χ1v) is 4.88. The summed E-state index contributed by atoms with van der Waals surface area (Å²) in [6.07, 6.45) is 1.83. The molecule has 0 spiro atoms. The molecule has 0 aliphatic carbocycles. The highest BCUT2D eigenvalue weighted by molar-refractivity contribution is 14.0. The molecule has 1 aromatic carbocycles. The Labute approximate surface area is 104 Å². The number of amidine groups is 1. The number of hydrogen-bond acceptors (Lipinski definition) is 3. The van der Waals surface area contributed by atoms with Crippen molar-refractivity contribution in [2.75, 3.05) is 11.6 Å². The predicted molar refractivity (Wildman–Crippen MR) is 71.4 cm³/mol. The van der Waals surface area contributed by atoms with Gasteiger partial charge in [0.25, 0.3) is 0 Å². The van der Waals surface area contributed by atoms with Crippen LogP contribution < -0.4 is 5.32 Å². The molecule has 0 bridgehead atoms. The lowest BCUT2D eigenvalue weighted by molar-refractivity contribution is 1.47. The van der Waals surface area contributed by atoms with Gasteiger partial charge in [-0.2, -0.15) is 5.26 Å². The fourth-order valence-electron chi connectivity index (χ4n) is 0.810. The molecular weight excluding hydrogens is 309 g/mol. The van der Waals surface area contributed by atoms with Gasteiger partial charge in [-0.3, -0.25) is 5.41 Å². The van der Waals surface area contributed by atoms with Crippen molar-refractivity contribution in [3.05, 3.63) is 29.8 Å². The first kappa shape index (κ1) is 13.3. The zero-order valence-corrected chi connectivity index (χ0v) is 10.7. The van der Waals surface area contributed by atoms with Crippen molar-refractivity contribution >= 4 is 46.6 Å². The van der Waals surface area contributed by atoms with E-state index in [4.69, 9.17) is 10.7 Å². The maximum atomic E-state index is 8.54. The van der Waals surface area contributed by atoms with E-state index in [9.17, 15) is 0 Å². The van der Waals surface area contributed by atoms with Crippen LogP contribution in [-0.2, 0) is 0 Å². The van der Waals surface area contributed by atoms with Crippen LogP contribution in [0.5, 0.6) is 0 Å². The molecule has 1 aromatic rings. The molecule has 0 fully saturated rings. The third-order valence-electron chi connectivity index (χ3n) is 1.48. The third-order valence-corrected chi connectivity index (χ3v) is 1.99. The fraction of sp³-hybridized carbons (Fsp3) is 0.111. The van der Waals surface area contributed by atoms with Crippen molar-refractivity contribution < 1.29 is 0 Å². The van der Waals surface area contributed by atoms with Crippen LogP contribution in [0.1, 0.15) is 5.56 Å². The Kier molecular flexibility index (Phi) is 6.32. The van der Waals surface area contributed by atoms with Gasteiger partial charge in [0.2, 0.25) is 0 Å². The quantitative estimate of drug-likeness (QED) is 0.475. The molecule has 0 atom stereocenters. The van der Waals surface area contributed by atoms with Gasteiger partial charge in [-0.1, -0.05) is 11.8 Å². The first-order valence-electron chi connectivity index (χ1n) is 3.66. The lowest BCUT2D eigenvalue weighted by Gasteiger charge is -2.03. The number of nitriles is 1. The van der Waals surface area contributed by atoms with Crippen LogP contribution in [0.4, 0.5) is 5.69 Å². The fourth-order valence-corrected chi connectivity index (χ4v) is 1.03. The molecule has 5 heteroatoms. The number of nitrogens with one attached hydrogen (secondary N) is 2. The number of anilines is 1. The number of halogens is 1. The van der Waals surface area contributed by atoms with Crippen LogP contribution in [0, 0.1) is 16.7 Å². The van der Waals surface area contributed by atoms with Crippen molar-refractivity contribution in [1.29, 1.82) is 10.7 Å². The normalized spacial score (nSPS) is 8.29. The lowest BCUT2D eigenvalue weighted by Crippen LogP contribution is -2.04. The molecule has 0 saturated carbocycles. The van der Waals surface area contributed by atoms with Crippen molar-refractivity contribution in [2.24, 2.45) is 0 Å². The average molecular weight is 319 g/mol. The molecule has 0 aliphatic heterocycles. The SMILES string of the molecule is CSC(=N)Nc1ccc(C#N)cc1.I. The van der Waals surface area contributed by atoms with E-state index in [0.717, 1.165) is 5.69 Å². The van der Waals surface area contributed by atoms with Crippen molar-refractivity contribution in [3.63, 3.8) is 0 Å². The Morgan fingerprint density at radius 3 is 2.43 bits per heavy atom. The zero-order chi connectivity index (χ0) is 9.68. The molecule has 0 aliphatic rings. The van der Waals surface area contributed by atoms with Crippen LogP contribution in [0.3, 0.4) is 0 Å². The highest BCUT2D eigenvalue weighted by Crippen LogP contribution is 2.10. The maximum absolute atomic E-state index is 8.54. The van der Waals surface area contributed by atoms with E-state index in [2.05, 4.69) is 5.32 Å². The van der Waals surface area contributed by atoms with Crippen LogP contribution in [0.25, 0.3) is 0 Å². The number of rotatable bonds is 1. The summed E-state index contributed by atoms with van der Waals surface area (Å²) in [7, 11) is 0. The summed E-state index contributed by atoms with van der Waals surface area (Å²) in [4.78, 5) is 0. The second-order valence-corrected chi connectivity index (χ2v) is 3.16. The summed E-state index contributed by atoms with van der Waals surface area (Å²) in [6, 6.07) is 9.03. The molecule has 0 radical (unpaired) electrons. The number of nitrogens with zero attached hydrogens (tertiary/aromatic N) is 1. The highest BCUT2D eigenvalue weighted by Gasteiger charge is 1.95. The van der Waals surface area contributed by atoms with Crippen molar-refractivity contribution in [1.82, 2.24) is 0 Å². The van der Waals surface area contributed by atoms with Gasteiger partial charge in [-0.05, 0) is 30.5 Å². The molecule has 0 saturated heterocycles. The smallest absolute Gasteiger partial charge is 0.157 e. The average Bonchev–Trinajstić information content (AvgIpc) is 2.19. The highest BCUT2D eigenvalue weighted by atomic mass is 127. The minimum atomic E-state index is 0. The largest absolute Gasteiger partial charge is 0.335 e. The summed E-state index contributed by atoms with van der Waals surface area (Å²) in [5, 5.41) is 19.2. The molecule has 0 heterocycles. The summed E-state index contributed by atoms with van der Waals surface area (Å²) in [6.45, 7) is 0. The van der Waals surface area contributed by atoms with E-state index in [1.807, 2.05) is 12.3 Å². The standard InChI is InChI=1S/C9H9N3S.HI/c1-13-9(11)12-8-4-2-7(6-10)3-5-8;/h2-5H,1H3,(H2,11,12);1H. The molecule has 2 N–H and O–H groups in total. The molecule has 0 unspecified atom stereocenters. The summed E-state index contributed by atoms with van der Waals surface area (Å²) >= 11 is 1.34. The predicted octanol–water partition coefficient (Wildman–Crippen LogP) is 2.89. The van der Waals surface area contributed by atoms with Gasteiger partial charge in [0.05, 0.1) is 11.6 Å². The second-order valence-electron chi connectivity index (χ2n) is 2.35. The topological polar surface area (TPSA) is 59.7 Å². The minimum Gasteiger partial charge on any atom is -0.335 e. The number of thioether (sulfide) groups is 1. The Balaban J connectivity index is 0.00000169. The Hall–Kier alpha value is -0.740. The van der Waals surface area contributed by atoms with E-state index in [0.29, 0.717) is 10.7 Å². The van der Waals surface area contributed by atoms with Gasteiger partial charge in [-0.25, -0.2) is 0 Å². The van der Waals surface area contributed by atoms with Gasteiger partial charge in [0, 0.05) is 5.69 Å². The lowest BCUT2D eigenvalue weighted by atomic mass is 10.2. The number of hydrogen-bond donors (Lipinski definition) is 2. The minimum absolute atomic E-state index is 0. The second kappa shape index (κ2) is 6.68. The van der Waals surface area contributed by atoms with Gasteiger partial charge in [0.15, 0.2) is 5.17 Å². The van der Waals surface area contributed by atoms with E-state index in [-0.39, 0.29) is 24.0 Å². The van der Waals surface area contributed by atoms with E-state index in [1.54, 1.807) is 24.3 Å². The third kappa shape index (κ3) is 3.98. The van der Waals surface area contributed by atoms with Gasteiger partial charge in [-0.15, -0.1) is 24.0 Å². The molecule has 14 heavy (non-hydrogen) atoms.